The molecule has 0 saturated heterocycles. The maximum absolute atomic E-state index is 12.6. The average Bonchev–Trinajstić information content (AvgIpc) is 2.46. The predicted octanol–water partition coefficient (Wildman–Crippen LogP) is 3.34. The molecule has 0 aliphatic heterocycles. The maximum Gasteiger partial charge on any atom is 0.264 e. The zero-order chi connectivity index (χ0) is 15.6. The lowest BCUT2D eigenvalue weighted by Gasteiger charge is -2.21. The van der Waals surface area contributed by atoms with Crippen molar-refractivity contribution in [2.24, 2.45) is 0 Å². The molecule has 0 aliphatic carbocycles. The Hall–Kier alpha value is -1.53. The molecule has 0 saturated carbocycles. The van der Waals surface area contributed by atoms with Crippen LogP contribution in [0.1, 0.15) is 0 Å². The Balaban J connectivity index is 2.36. The largest absolute Gasteiger partial charge is 0.378 e. The number of benzene rings is 2. The minimum absolute atomic E-state index is 0.260. The number of hydrogen-bond donors (Lipinski definition) is 0. The Morgan fingerprint density at radius 1 is 0.905 bits per heavy atom. The Kier molecular flexibility index (Phi) is 4.58. The van der Waals surface area contributed by atoms with Crippen LogP contribution in [0, 0.1) is 0 Å². The molecule has 0 radical (unpaired) electrons. The third-order valence-electron chi connectivity index (χ3n) is 3.18. The zero-order valence-electron chi connectivity index (χ0n) is 12.1. The normalized spacial score (nSPS) is 11.2. The molecule has 4 nitrogen and oxygen atoms in total. The smallest absolute Gasteiger partial charge is 0.264 e. The summed E-state index contributed by atoms with van der Waals surface area (Å²) in [6, 6.07) is 14.1. The SMILES string of the molecule is CN(C)c1ccc(N(C)S(=O)(=O)c2cccc(Br)c2)cc1. The number of hydrogen-bond acceptors (Lipinski definition) is 3. The lowest BCUT2D eigenvalue weighted by Crippen LogP contribution is -2.26. The summed E-state index contributed by atoms with van der Waals surface area (Å²) in [6.07, 6.45) is 0. The summed E-state index contributed by atoms with van der Waals surface area (Å²) < 4.78 is 27.2. The van der Waals surface area contributed by atoms with E-state index in [1.807, 2.05) is 31.1 Å². The zero-order valence-corrected chi connectivity index (χ0v) is 14.5. The van der Waals surface area contributed by atoms with Gasteiger partial charge in [0.15, 0.2) is 0 Å². The van der Waals surface area contributed by atoms with Crippen molar-refractivity contribution in [2.45, 2.75) is 4.90 Å². The number of nitrogens with zero attached hydrogens (tertiary/aromatic N) is 2. The molecule has 6 heteroatoms. The van der Waals surface area contributed by atoms with Crippen molar-refractivity contribution in [1.29, 1.82) is 0 Å². The lowest BCUT2D eigenvalue weighted by atomic mass is 10.3. The molecule has 0 aromatic heterocycles. The highest BCUT2D eigenvalue weighted by molar-refractivity contribution is 9.10. The highest BCUT2D eigenvalue weighted by Crippen LogP contribution is 2.25. The van der Waals surface area contributed by atoms with Crippen LogP contribution in [0.25, 0.3) is 0 Å². The molecule has 21 heavy (non-hydrogen) atoms. The minimum Gasteiger partial charge on any atom is -0.378 e. The quantitative estimate of drug-likeness (QED) is 0.830. The van der Waals surface area contributed by atoms with Gasteiger partial charge >= 0.3 is 0 Å². The van der Waals surface area contributed by atoms with Crippen LogP contribution in [0.2, 0.25) is 0 Å². The number of halogens is 1. The summed E-state index contributed by atoms with van der Waals surface area (Å²) in [5.74, 6) is 0. The molecule has 0 atom stereocenters. The van der Waals surface area contributed by atoms with Crippen LogP contribution in [0.3, 0.4) is 0 Å². The molecule has 0 unspecified atom stereocenters. The van der Waals surface area contributed by atoms with Gasteiger partial charge in [0.25, 0.3) is 10.0 Å². The Morgan fingerprint density at radius 2 is 1.48 bits per heavy atom. The molecule has 2 rings (SSSR count). The molecule has 0 bridgehead atoms. The van der Waals surface area contributed by atoms with E-state index < -0.39 is 10.0 Å². The summed E-state index contributed by atoms with van der Waals surface area (Å²) in [5, 5.41) is 0. The fourth-order valence-electron chi connectivity index (χ4n) is 1.89. The maximum atomic E-state index is 12.6. The molecule has 2 aromatic rings. The summed E-state index contributed by atoms with van der Waals surface area (Å²) in [7, 11) is 1.88. The molecule has 112 valence electrons. The van der Waals surface area contributed by atoms with E-state index >= 15 is 0 Å². The molecule has 0 heterocycles. The molecule has 0 aliphatic rings. The van der Waals surface area contributed by atoms with Crippen LogP contribution in [-0.2, 0) is 10.0 Å². The lowest BCUT2D eigenvalue weighted by molar-refractivity contribution is 0.594. The molecular weight excluding hydrogens is 352 g/mol. The van der Waals surface area contributed by atoms with Crippen molar-refractivity contribution in [1.82, 2.24) is 0 Å². The van der Waals surface area contributed by atoms with E-state index in [-0.39, 0.29) is 4.90 Å². The summed E-state index contributed by atoms with van der Waals surface area (Å²) in [6.45, 7) is 0. The van der Waals surface area contributed by atoms with E-state index in [0.717, 1.165) is 10.2 Å². The Labute approximate surface area is 134 Å². The van der Waals surface area contributed by atoms with Gasteiger partial charge in [-0.15, -0.1) is 0 Å². The standard InChI is InChI=1S/C15H17BrN2O2S/c1-17(2)13-7-9-14(10-8-13)18(3)21(19,20)15-6-4-5-12(16)11-15/h4-11H,1-3H3. The van der Waals surface area contributed by atoms with Crippen LogP contribution in [0.5, 0.6) is 0 Å². The first-order valence-electron chi connectivity index (χ1n) is 6.34. The van der Waals surface area contributed by atoms with E-state index in [0.29, 0.717) is 5.69 Å². The van der Waals surface area contributed by atoms with E-state index in [2.05, 4.69) is 15.9 Å². The highest BCUT2D eigenvalue weighted by atomic mass is 79.9. The monoisotopic (exact) mass is 368 g/mol. The topological polar surface area (TPSA) is 40.6 Å². The summed E-state index contributed by atoms with van der Waals surface area (Å²) in [4.78, 5) is 2.23. The van der Waals surface area contributed by atoms with Gasteiger partial charge in [0.05, 0.1) is 10.6 Å². The predicted molar refractivity (Wildman–Crippen MR) is 90.5 cm³/mol. The second-order valence-electron chi connectivity index (χ2n) is 4.84. The Morgan fingerprint density at radius 3 is 2.00 bits per heavy atom. The van der Waals surface area contributed by atoms with Crippen molar-refractivity contribution in [3.05, 3.63) is 53.0 Å². The first-order chi connectivity index (χ1) is 9.82. The van der Waals surface area contributed by atoms with Crippen molar-refractivity contribution >= 4 is 37.3 Å². The Bertz CT molecular complexity index is 728. The van der Waals surface area contributed by atoms with E-state index in [1.54, 1.807) is 43.4 Å². The second kappa shape index (κ2) is 6.07. The molecule has 0 fully saturated rings. The van der Waals surface area contributed by atoms with Gasteiger partial charge in [-0.25, -0.2) is 8.42 Å². The van der Waals surface area contributed by atoms with Crippen LogP contribution >= 0.6 is 15.9 Å². The van der Waals surface area contributed by atoms with Gasteiger partial charge in [0.1, 0.15) is 0 Å². The van der Waals surface area contributed by atoms with Crippen molar-refractivity contribution in [2.75, 3.05) is 30.3 Å². The molecule has 0 spiro atoms. The fourth-order valence-corrected chi connectivity index (χ4v) is 3.68. The molecular formula is C15H17BrN2O2S. The van der Waals surface area contributed by atoms with Gasteiger partial charge < -0.3 is 4.90 Å². The van der Waals surface area contributed by atoms with Crippen molar-refractivity contribution in [3.63, 3.8) is 0 Å². The van der Waals surface area contributed by atoms with E-state index in [4.69, 9.17) is 0 Å². The highest BCUT2D eigenvalue weighted by Gasteiger charge is 2.21. The van der Waals surface area contributed by atoms with Crippen LogP contribution in [0.15, 0.2) is 57.9 Å². The van der Waals surface area contributed by atoms with E-state index in [9.17, 15) is 8.42 Å². The first-order valence-corrected chi connectivity index (χ1v) is 8.57. The third kappa shape index (κ3) is 3.39. The molecule has 0 N–H and O–H groups in total. The number of sulfonamides is 1. The van der Waals surface area contributed by atoms with Gasteiger partial charge in [-0.3, -0.25) is 4.31 Å². The second-order valence-corrected chi connectivity index (χ2v) is 7.73. The van der Waals surface area contributed by atoms with Gasteiger partial charge in [-0.1, -0.05) is 22.0 Å². The van der Waals surface area contributed by atoms with Gasteiger partial charge in [0, 0.05) is 31.3 Å². The molecule has 0 amide bonds. The van der Waals surface area contributed by atoms with E-state index in [1.165, 1.54) is 4.31 Å². The van der Waals surface area contributed by atoms with Crippen LogP contribution in [-0.4, -0.2) is 29.6 Å². The summed E-state index contributed by atoms with van der Waals surface area (Å²) in [5.41, 5.74) is 1.65. The average molecular weight is 369 g/mol. The third-order valence-corrected chi connectivity index (χ3v) is 5.46. The molecule has 2 aromatic carbocycles. The van der Waals surface area contributed by atoms with Gasteiger partial charge in [-0.2, -0.15) is 0 Å². The number of rotatable bonds is 4. The van der Waals surface area contributed by atoms with Crippen LogP contribution in [0.4, 0.5) is 11.4 Å². The first kappa shape index (κ1) is 15.9. The van der Waals surface area contributed by atoms with Crippen molar-refractivity contribution in [3.8, 4) is 0 Å². The minimum atomic E-state index is -3.56. The van der Waals surface area contributed by atoms with Crippen LogP contribution < -0.4 is 9.21 Å². The summed E-state index contributed by atoms with van der Waals surface area (Å²) >= 11 is 3.30. The van der Waals surface area contributed by atoms with Crippen molar-refractivity contribution < 1.29 is 8.42 Å². The fraction of sp³-hybridized carbons (Fsp3) is 0.200. The van der Waals surface area contributed by atoms with Gasteiger partial charge in [0.2, 0.25) is 0 Å². The number of anilines is 2. The van der Waals surface area contributed by atoms with Gasteiger partial charge in [-0.05, 0) is 42.5 Å².